The van der Waals surface area contributed by atoms with Gasteiger partial charge in [-0.05, 0) is 90.1 Å². The molecule has 0 aliphatic heterocycles. The van der Waals surface area contributed by atoms with Gasteiger partial charge < -0.3 is 15.7 Å². The SMILES string of the molecule is CN(c1cccc(C(=O)N[C@@H](Cc2cc(F)cc(F)c2)[C@@H](O)CN[C@H]2CCCc3ccc(CC(C)(C)C)cc32)c1)S(C)(=O)=O. The van der Waals surface area contributed by atoms with Gasteiger partial charge in [-0.3, -0.25) is 9.10 Å². The maximum absolute atomic E-state index is 14.0. The molecule has 0 aromatic heterocycles. The van der Waals surface area contributed by atoms with E-state index in [1.807, 2.05) is 0 Å². The summed E-state index contributed by atoms with van der Waals surface area (Å²) in [5.41, 5.74) is 4.65. The van der Waals surface area contributed by atoms with E-state index in [2.05, 4.69) is 49.6 Å². The zero-order chi connectivity index (χ0) is 32.2. The lowest BCUT2D eigenvalue weighted by molar-refractivity contribution is 0.0823. The highest BCUT2D eigenvalue weighted by Gasteiger charge is 2.27. The first-order chi connectivity index (χ1) is 20.6. The monoisotopic (exact) mass is 627 g/mol. The summed E-state index contributed by atoms with van der Waals surface area (Å²) in [6.07, 6.45) is 3.76. The van der Waals surface area contributed by atoms with Crippen molar-refractivity contribution in [2.75, 3.05) is 24.2 Å². The fourth-order valence-electron chi connectivity index (χ4n) is 5.74. The second kappa shape index (κ2) is 13.7. The number of aryl methyl sites for hydroxylation is 1. The topological polar surface area (TPSA) is 98.7 Å². The normalized spacial score (nSPS) is 16.6. The van der Waals surface area contributed by atoms with Crippen LogP contribution in [0.1, 0.15) is 72.3 Å². The standard InChI is InChI=1S/C34H43F2N3O4S/c1-34(2,3)20-22-12-13-24-8-7-11-30(29(24)16-22)37-21-32(40)31(17-23-14-26(35)19-27(36)15-23)38-33(41)25-9-6-10-28(18-25)39(4)44(5,42)43/h6,9-10,12-16,18-19,30-32,37,40H,7-8,11,17,20-21H2,1-5H3,(H,38,41)/t30-,31-,32-/m0/s1. The third-order valence-electron chi connectivity index (χ3n) is 7.96. The number of amides is 1. The molecule has 10 heteroatoms. The number of aliphatic hydroxyl groups is 1. The van der Waals surface area contributed by atoms with Crippen LogP contribution in [0.4, 0.5) is 14.5 Å². The molecule has 238 valence electrons. The van der Waals surface area contributed by atoms with Crippen molar-refractivity contribution in [1.82, 2.24) is 10.6 Å². The van der Waals surface area contributed by atoms with E-state index in [1.165, 1.54) is 48.0 Å². The molecule has 4 rings (SSSR count). The molecule has 0 saturated carbocycles. The number of halogens is 2. The van der Waals surface area contributed by atoms with Gasteiger partial charge in [0.15, 0.2) is 0 Å². The lowest BCUT2D eigenvalue weighted by atomic mass is 9.82. The van der Waals surface area contributed by atoms with E-state index in [-0.39, 0.29) is 35.5 Å². The smallest absolute Gasteiger partial charge is 0.251 e. The van der Waals surface area contributed by atoms with Crippen molar-refractivity contribution in [1.29, 1.82) is 0 Å². The van der Waals surface area contributed by atoms with Gasteiger partial charge in [0.25, 0.3) is 5.91 Å². The Morgan fingerprint density at radius 2 is 1.75 bits per heavy atom. The molecule has 1 aliphatic rings. The van der Waals surface area contributed by atoms with Crippen LogP contribution in [-0.2, 0) is 29.3 Å². The van der Waals surface area contributed by atoms with Gasteiger partial charge in [-0.2, -0.15) is 0 Å². The number of aliphatic hydroxyl groups excluding tert-OH is 1. The number of sulfonamides is 1. The highest BCUT2D eigenvalue weighted by atomic mass is 32.2. The molecule has 7 nitrogen and oxygen atoms in total. The first kappa shape index (κ1) is 33.6. The van der Waals surface area contributed by atoms with Crippen LogP contribution in [0.15, 0.2) is 60.7 Å². The van der Waals surface area contributed by atoms with Gasteiger partial charge in [-0.1, -0.05) is 45.0 Å². The Hall–Kier alpha value is -3.34. The number of carbonyl (C=O) groups is 1. The van der Waals surface area contributed by atoms with E-state index in [9.17, 15) is 27.1 Å². The molecule has 0 fully saturated rings. The Morgan fingerprint density at radius 1 is 1.05 bits per heavy atom. The maximum Gasteiger partial charge on any atom is 0.251 e. The van der Waals surface area contributed by atoms with Crippen LogP contribution in [0.3, 0.4) is 0 Å². The molecule has 0 saturated heterocycles. The maximum atomic E-state index is 14.0. The number of hydrogen-bond acceptors (Lipinski definition) is 5. The average molecular weight is 628 g/mol. The van der Waals surface area contributed by atoms with E-state index in [4.69, 9.17) is 0 Å². The number of carbonyl (C=O) groups excluding carboxylic acids is 1. The van der Waals surface area contributed by atoms with E-state index in [0.29, 0.717) is 5.69 Å². The Kier molecular flexibility index (Phi) is 10.5. The number of anilines is 1. The Bertz CT molecular complexity index is 1570. The van der Waals surface area contributed by atoms with Gasteiger partial charge >= 0.3 is 0 Å². The number of nitrogens with one attached hydrogen (secondary N) is 2. The number of nitrogens with zero attached hydrogens (tertiary/aromatic N) is 1. The van der Waals surface area contributed by atoms with Crippen molar-refractivity contribution >= 4 is 21.6 Å². The van der Waals surface area contributed by atoms with Crippen LogP contribution in [0, 0.1) is 17.0 Å². The minimum atomic E-state index is -3.55. The summed E-state index contributed by atoms with van der Waals surface area (Å²) in [5.74, 6) is -2.05. The van der Waals surface area contributed by atoms with Crippen molar-refractivity contribution in [2.45, 2.75) is 71.1 Å². The fraction of sp³-hybridized carbons (Fsp3) is 0.441. The summed E-state index contributed by atoms with van der Waals surface area (Å²) in [6.45, 7) is 6.75. The molecule has 1 aliphatic carbocycles. The van der Waals surface area contributed by atoms with Crippen molar-refractivity contribution in [3.8, 4) is 0 Å². The molecule has 44 heavy (non-hydrogen) atoms. The molecular formula is C34H43F2N3O4S. The fourth-order valence-corrected chi connectivity index (χ4v) is 6.24. The molecule has 0 heterocycles. The molecule has 3 aromatic rings. The molecule has 0 radical (unpaired) electrons. The third-order valence-corrected chi connectivity index (χ3v) is 9.17. The Labute approximate surface area is 259 Å². The molecule has 3 N–H and O–H groups in total. The molecule has 0 unspecified atom stereocenters. The third kappa shape index (κ3) is 9.09. The lowest BCUT2D eigenvalue weighted by Crippen LogP contribution is -2.49. The second-order valence-corrected chi connectivity index (χ2v) is 15.0. The van der Waals surface area contributed by atoms with Gasteiger partial charge in [-0.25, -0.2) is 17.2 Å². The van der Waals surface area contributed by atoms with Gasteiger partial charge in [0.2, 0.25) is 10.0 Å². The van der Waals surface area contributed by atoms with Crippen molar-refractivity contribution < 1.29 is 27.1 Å². The minimum Gasteiger partial charge on any atom is -0.390 e. The predicted octanol–water partition coefficient (Wildman–Crippen LogP) is 5.32. The zero-order valence-corrected chi connectivity index (χ0v) is 26.8. The zero-order valence-electron chi connectivity index (χ0n) is 26.0. The van der Waals surface area contributed by atoms with Crippen LogP contribution >= 0.6 is 0 Å². The largest absolute Gasteiger partial charge is 0.390 e. The van der Waals surface area contributed by atoms with Gasteiger partial charge in [0.1, 0.15) is 11.6 Å². The van der Waals surface area contributed by atoms with Crippen LogP contribution < -0.4 is 14.9 Å². The minimum absolute atomic E-state index is 0.0134. The van der Waals surface area contributed by atoms with E-state index >= 15 is 0 Å². The Morgan fingerprint density at radius 3 is 2.41 bits per heavy atom. The molecule has 0 spiro atoms. The van der Waals surface area contributed by atoms with Gasteiger partial charge in [0, 0.05) is 31.3 Å². The summed E-state index contributed by atoms with van der Waals surface area (Å²) >= 11 is 0. The number of benzene rings is 3. The quantitative estimate of drug-likeness (QED) is 0.268. The van der Waals surface area contributed by atoms with E-state index < -0.39 is 39.7 Å². The predicted molar refractivity (Wildman–Crippen MR) is 170 cm³/mol. The summed E-state index contributed by atoms with van der Waals surface area (Å²) in [7, 11) is -2.17. The summed E-state index contributed by atoms with van der Waals surface area (Å²) in [5, 5.41) is 17.7. The van der Waals surface area contributed by atoms with Crippen LogP contribution in [0.5, 0.6) is 0 Å². The summed E-state index contributed by atoms with van der Waals surface area (Å²) in [6, 6.07) is 15.0. The number of fused-ring (bicyclic) bond motifs is 1. The van der Waals surface area contributed by atoms with Crippen LogP contribution in [0.2, 0.25) is 0 Å². The molecule has 0 bridgehead atoms. The second-order valence-electron chi connectivity index (χ2n) is 13.0. The van der Waals surface area contributed by atoms with Crippen molar-refractivity contribution in [3.63, 3.8) is 0 Å². The molecule has 1 amide bonds. The van der Waals surface area contributed by atoms with Crippen LogP contribution in [0.25, 0.3) is 0 Å². The summed E-state index contributed by atoms with van der Waals surface area (Å²) in [4.78, 5) is 13.4. The lowest BCUT2D eigenvalue weighted by Gasteiger charge is -2.31. The highest BCUT2D eigenvalue weighted by Crippen LogP contribution is 2.32. The van der Waals surface area contributed by atoms with E-state index in [0.717, 1.165) is 42.3 Å². The Balaban J connectivity index is 1.54. The molecule has 3 atom stereocenters. The van der Waals surface area contributed by atoms with Gasteiger partial charge in [-0.15, -0.1) is 0 Å². The summed E-state index contributed by atoms with van der Waals surface area (Å²) < 4.78 is 53.2. The van der Waals surface area contributed by atoms with Crippen LogP contribution in [-0.4, -0.2) is 51.4 Å². The molecular weight excluding hydrogens is 584 g/mol. The number of rotatable bonds is 11. The average Bonchev–Trinajstić information content (AvgIpc) is 2.93. The van der Waals surface area contributed by atoms with E-state index in [1.54, 1.807) is 12.1 Å². The van der Waals surface area contributed by atoms with Crippen molar-refractivity contribution in [2.24, 2.45) is 5.41 Å². The van der Waals surface area contributed by atoms with Gasteiger partial charge in [0.05, 0.1) is 24.1 Å². The first-order valence-electron chi connectivity index (χ1n) is 14.9. The van der Waals surface area contributed by atoms with Crippen molar-refractivity contribution in [3.05, 3.63) is 100 Å². The number of hydrogen-bond donors (Lipinski definition) is 3. The molecule has 3 aromatic carbocycles. The highest BCUT2D eigenvalue weighted by molar-refractivity contribution is 7.92. The first-order valence-corrected chi connectivity index (χ1v) is 16.8.